The van der Waals surface area contributed by atoms with Crippen LogP contribution in [0.25, 0.3) is 0 Å². The molecular weight excluding hydrogens is 352 g/mol. The zero-order valence-electron chi connectivity index (χ0n) is 16.2. The summed E-state index contributed by atoms with van der Waals surface area (Å²) in [5.74, 6) is -0.627. The number of imide groups is 1. The number of fused-ring (bicyclic) bond motifs is 1. The third-order valence-electron chi connectivity index (χ3n) is 5.85. The molecule has 0 bridgehead atoms. The van der Waals surface area contributed by atoms with Gasteiger partial charge in [0, 0.05) is 18.4 Å². The molecule has 2 aliphatic rings. The maximum Gasteiger partial charge on any atom is 0.251 e. The van der Waals surface area contributed by atoms with Crippen LogP contribution < -0.4 is 10.2 Å². The van der Waals surface area contributed by atoms with Crippen molar-refractivity contribution in [3.05, 3.63) is 65.2 Å². The van der Waals surface area contributed by atoms with Crippen molar-refractivity contribution in [3.63, 3.8) is 0 Å². The van der Waals surface area contributed by atoms with Crippen LogP contribution in [0, 0.1) is 0 Å². The number of amides is 3. The van der Waals surface area contributed by atoms with Gasteiger partial charge in [0.1, 0.15) is 0 Å². The first-order chi connectivity index (χ1) is 13.4. The normalized spacial score (nSPS) is 20.8. The summed E-state index contributed by atoms with van der Waals surface area (Å²) in [5, 5.41) is 3.14. The number of carbonyl (C=O) groups is 3. The standard InChI is InChI=1S/C23H24N2O3/c1-23(2)13-12-19(17-8-3-4-9-18(17)23)24-22(28)15-6-5-7-16(14-15)25-20(26)10-11-21(25)27/h3-9,14,19H,10-13H2,1-2H3,(H,24,28)/t19-/m1/s1. The minimum Gasteiger partial charge on any atom is -0.345 e. The number of rotatable bonds is 3. The number of anilines is 1. The van der Waals surface area contributed by atoms with Crippen LogP contribution in [0.4, 0.5) is 5.69 Å². The molecule has 4 rings (SSSR count). The molecule has 144 valence electrons. The van der Waals surface area contributed by atoms with Crippen LogP contribution in [0.5, 0.6) is 0 Å². The van der Waals surface area contributed by atoms with Gasteiger partial charge in [0.2, 0.25) is 11.8 Å². The highest BCUT2D eigenvalue weighted by Crippen LogP contribution is 2.41. The van der Waals surface area contributed by atoms with E-state index < -0.39 is 0 Å². The predicted octanol–water partition coefficient (Wildman–Crippen LogP) is 3.88. The van der Waals surface area contributed by atoms with Gasteiger partial charge in [0.05, 0.1) is 11.7 Å². The molecular formula is C23H24N2O3. The van der Waals surface area contributed by atoms with Gasteiger partial charge in [-0.1, -0.05) is 44.2 Å². The Labute approximate surface area is 164 Å². The molecule has 0 radical (unpaired) electrons. The van der Waals surface area contributed by atoms with Crippen LogP contribution in [-0.2, 0) is 15.0 Å². The summed E-state index contributed by atoms with van der Waals surface area (Å²) in [6.07, 6.45) is 2.32. The summed E-state index contributed by atoms with van der Waals surface area (Å²) in [7, 11) is 0. The van der Waals surface area contributed by atoms with Crippen LogP contribution >= 0.6 is 0 Å². The lowest BCUT2D eigenvalue weighted by atomic mass is 9.71. The van der Waals surface area contributed by atoms with Gasteiger partial charge in [-0.3, -0.25) is 19.3 Å². The zero-order valence-corrected chi connectivity index (χ0v) is 16.2. The summed E-state index contributed by atoms with van der Waals surface area (Å²) in [4.78, 5) is 38.1. The summed E-state index contributed by atoms with van der Waals surface area (Å²) in [6, 6.07) is 15.0. The Hall–Kier alpha value is -2.95. The van der Waals surface area contributed by atoms with Crippen molar-refractivity contribution in [2.24, 2.45) is 0 Å². The average Bonchev–Trinajstić information content (AvgIpc) is 3.02. The Morgan fingerprint density at radius 3 is 2.50 bits per heavy atom. The fraction of sp³-hybridized carbons (Fsp3) is 0.348. The Balaban J connectivity index is 1.57. The van der Waals surface area contributed by atoms with Gasteiger partial charge in [-0.2, -0.15) is 0 Å². The molecule has 5 nitrogen and oxygen atoms in total. The summed E-state index contributed by atoms with van der Waals surface area (Å²) < 4.78 is 0. The average molecular weight is 376 g/mol. The zero-order chi connectivity index (χ0) is 19.9. The van der Waals surface area contributed by atoms with Crippen molar-refractivity contribution in [1.29, 1.82) is 0 Å². The molecule has 1 fully saturated rings. The fourth-order valence-electron chi connectivity index (χ4n) is 4.25. The lowest BCUT2D eigenvalue weighted by molar-refractivity contribution is -0.121. The summed E-state index contributed by atoms with van der Waals surface area (Å²) in [5.41, 5.74) is 3.44. The molecule has 28 heavy (non-hydrogen) atoms. The predicted molar refractivity (Wildman–Crippen MR) is 107 cm³/mol. The molecule has 2 aromatic rings. The Bertz CT molecular complexity index is 948. The van der Waals surface area contributed by atoms with Crippen molar-refractivity contribution in [2.75, 3.05) is 4.90 Å². The van der Waals surface area contributed by atoms with Crippen molar-refractivity contribution < 1.29 is 14.4 Å². The maximum absolute atomic E-state index is 12.9. The Morgan fingerprint density at radius 2 is 1.75 bits per heavy atom. The van der Waals surface area contributed by atoms with Crippen LogP contribution in [0.1, 0.15) is 67.1 Å². The molecule has 1 N–H and O–H groups in total. The van der Waals surface area contributed by atoms with E-state index in [9.17, 15) is 14.4 Å². The van der Waals surface area contributed by atoms with E-state index >= 15 is 0 Å². The van der Waals surface area contributed by atoms with Crippen molar-refractivity contribution >= 4 is 23.4 Å². The largest absolute Gasteiger partial charge is 0.345 e. The van der Waals surface area contributed by atoms with Gasteiger partial charge in [0.15, 0.2) is 0 Å². The van der Waals surface area contributed by atoms with E-state index in [0.29, 0.717) is 11.3 Å². The molecule has 0 aromatic heterocycles. The minimum absolute atomic E-state index is 0.0459. The number of nitrogens with one attached hydrogen (secondary N) is 1. The van der Waals surface area contributed by atoms with Gasteiger partial charge in [-0.15, -0.1) is 0 Å². The third kappa shape index (κ3) is 3.21. The van der Waals surface area contributed by atoms with Crippen LogP contribution in [0.3, 0.4) is 0 Å². The van der Waals surface area contributed by atoms with Crippen LogP contribution in [0.2, 0.25) is 0 Å². The monoisotopic (exact) mass is 376 g/mol. The Morgan fingerprint density at radius 1 is 1.04 bits per heavy atom. The first-order valence-corrected chi connectivity index (χ1v) is 9.73. The highest BCUT2D eigenvalue weighted by molar-refractivity contribution is 6.20. The van der Waals surface area contributed by atoms with Crippen molar-refractivity contribution in [1.82, 2.24) is 5.32 Å². The lowest BCUT2D eigenvalue weighted by Gasteiger charge is -2.37. The second-order valence-electron chi connectivity index (χ2n) is 8.21. The maximum atomic E-state index is 12.9. The number of hydrogen-bond acceptors (Lipinski definition) is 3. The van der Waals surface area contributed by atoms with E-state index in [4.69, 9.17) is 0 Å². The van der Waals surface area contributed by atoms with Gasteiger partial charge < -0.3 is 5.32 Å². The summed E-state index contributed by atoms with van der Waals surface area (Å²) in [6.45, 7) is 4.47. The second kappa shape index (κ2) is 6.89. The Kier molecular flexibility index (Phi) is 4.53. The highest BCUT2D eigenvalue weighted by Gasteiger charge is 2.33. The van der Waals surface area contributed by atoms with E-state index in [-0.39, 0.29) is 42.0 Å². The molecule has 1 aliphatic heterocycles. The topological polar surface area (TPSA) is 66.5 Å². The van der Waals surface area contributed by atoms with E-state index in [1.54, 1.807) is 24.3 Å². The SMILES string of the molecule is CC1(C)CC[C@@H](NC(=O)c2cccc(N3C(=O)CCC3=O)c2)c2ccccc21. The lowest BCUT2D eigenvalue weighted by Crippen LogP contribution is -2.36. The molecule has 0 unspecified atom stereocenters. The van der Waals surface area contributed by atoms with E-state index in [2.05, 4.69) is 31.3 Å². The molecule has 3 amide bonds. The molecule has 1 aliphatic carbocycles. The van der Waals surface area contributed by atoms with Crippen LogP contribution in [0.15, 0.2) is 48.5 Å². The third-order valence-corrected chi connectivity index (χ3v) is 5.85. The van der Waals surface area contributed by atoms with Crippen molar-refractivity contribution in [3.8, 4) is 0 Å². The molecule has 1 atom stereocenters. The molecule has 2 aromatic carbocycles. The van der Waals surface area contributed by atoms with Crippen molar-refractivity contribution in [2.45, 2.75) is 51.0 Å². The molecule has 1 heterocycles. The minimum atomic E-state index is -0.217. The number of nitrogens with zero attached hydrogens (tertiary/aromatic N) is 1. The quantitative estimate of drug-likeness (QED) is 0.827. The molecule has 5 heteroatoms. The summed E-state index contributed by atoms with van der Waals surface area (Å²) >= 11 is 0. The van der Waals surface area contributed by atoms with Gasteiger partial charge in [-0.05, 0) is 47.6 Å². The first-order valence-electron chi connectivity index (χ1n) is 9.73. The first kappa shape index (κ1) is 18.4. The van der Waals surface area contributed by atoms with Gasteiger partial charge >= 0.3 is 0 Å². The smallest absolute Gasteiger partial charge is 0.251 e. The number of hydrogen-bond donors (Lipinski definition) is 1. The highest BCUT2D eigenvalue weighted by atomic mass is 16.2. The van der Waals surface area contributed by atoms with Gasteiger partial charge in [0.25, 0.3) is 5.91 Å². The van der Waals surface area contributed by atoms with Gasteiger partial charge in [-0.25, -0.2) is 0 Å². The molecule has 0 spiro atoms. The number of benzene rings is 2. The van der Waals surface area contributed by atoms with E-state index in [1.165, 1.54) is 10.5 Å². The van der Waals surface area contributed by atoms with Crippen LogP contribution in [-0.4, -0.2) is 17.7 Å². The fourth-order valence-corrected chi connectivity index (χ4v) is 4.25. The molecule has 1 saturated heterocycles. The van der Waals surface area contributed by atoms with E-state index in [1.807, 2.05) is 12.1 Å². The number of carbonyl (C=O) groups excluding carboxylic acids is 3. The second-order valence-corrected chi connectivity index (χ2v) is 8.21. The molecule has 0 saturated carbocycles. The van der Waals surface area contributed by atoms with E-state index in [0.717, 1.165) is 18.4 Å².